The van der Waals surface area contributed by atoms with E-state index in [0.29, 0.717) is 10.8 Å². The number of halogens is 1. The number of amides is 1. The van der Waals surface area contributed by atoms with E-state index in [-0.39, 0.29) is 5.91 Å². The Kier molecular flexibility index (Phi) is 6.58. The maximum absolute atomic E-state index is 12.6. The third-order valence-electron chi connectivity index (χ3n) is 4.80. The van der Waals surface area contributed by atoms with Crippen LogP contribution in [0, 0.1) is 0 Å². The highest BCUT2D eigenvalue weighted by Gasteiger charge is 2.21. The van der Waals surface area contributed by atoms with Crippen LogP contribution in [0.1, 0.15) is 13.8 Å². The second-order valence-electron chi connectivity index (χ2n) is 6.65. The molecule has 1 aliphatic heterocycles. The number of carbonyl (C=O) groups excluding carboxylic acids is 1. The number of piperazine rings is 1. The molecular formula is C21H26ClN3O2. The molecule has 0 bridgehead atoms. The van der Waals surface area contributed by atoms with Crippen molar-refractivity contribution in [3.8, 4) is 5.75 Å². The number of rotatable bonds is 6. The minimum Gasteiger partial charge on any atom is -0.481 e. The molecule has 1 N–H and O–H groups in total. The van der Waals surface area contributed by atoms with Crippen LogP contribution in [0.25, 0.3) is 0 Å². The van der Waals surface area contributed by atoms with Crippen LogP contribution in [0.4, 0.5) is 11.4 Å². The van der Waals surface area contributed by atoms with Gasteiger partial charge in [-0.05, 0) is 43.8 Å². The van der Waals surface area contributed by atoms with Crippen LogP contribution in [0.2, 0.25) is 5.02 Å². The van der Waals surface area contributed by atoms with Crippen molar-refractivity contribution < 1.29 is 9.53 Å². The van der Waals surface area contributed by atoms with Gasteiger partial charge in [0.05, 0.1) is 11.4 Å². The van der Waals surface area contributed by atoms with E-state index in [9.17, 15) is 4.79 Å². The second-order valence-corrected chi connectivity index (χ2v) is 7.08. The van der Waals surface area contributed by atoms with Crippen LogP contribution in [0.3, 0.4) is 0 Å². The van der Waals surface area contributed by atoms with Gasteiger partial charge in [-0.25, -0.2) is 0 Å². The molecule has 2 aromatic carbocycles. The van der Waals surface area contributed by atoms with E-state index in [1.807, 2.05) is 18.2 Å². The Morgan fingerprint density at radius 2 is 1.89 bits per heavy atom. The van der Waals surface area contributed by atoms with Gasteiger partial charge in [0.2, 0.25) is 0 Å². The molecular weight excluding hydrogens is 362 g/mol. The number of hydrogen-bond acceptors (Lipinski definition) is 4. The van der Waals surface area contributed by atoms with E-state index in [1.54, 1.807) is 31.2 Å². The summed E-state index contributed by atoms with van der Waals surface area (Å²) in [6.45, 7) is 8.97. The number of nitrogens with zero attached hydrogens (tertiary/aromatic N) is 2. The molecule has 0 saturated carbocycles. The first-order valence-corrected chi connectivity index (χ1v) is 9.74. The third kappa shape index (κ3) is 5.15. The fraction of sp³-hybridized carbons (Fsp3) is 0.381. The largest absolute Gasteiger partial charge is 0.481 e. The van der Waals surface area contributed by atoms with Crippen LogP contribution in [-0.4, -0.2) is 49.6 Å². The Balaban J connectivity index is 1.65. The van der Waals surface area contributed by atoms with Crippen molar-refractivity contribution in [1.29, 1.82) is 0 Å². The van der Waals surface area contributed by atoms with Crippen molar-refractivity contribution in [1.82, 2.24) is 4.90 Å². The Labute approximate surface area is 165 Å². The van der Waals surface area contributed by atoms with Gasteiger partial charge in [0.1, 0.15) is 5.75 Å². The summed E-state index contributed by atoms with van der Waals surface area (Å²) in [6, 6.07) is 15.0. The van der Waals surface area contributed by atoms with E-state index in [0.717, 1.165) is 44.1 Å². The molecule has 2 aromatic rings. The molecule has 0 aliphatic carbocycles. The minimum atomic E-state index is -0.631. The number of anilines is 2. The zero-order valence-electron chi connectivity index (χ0n) is 15.8. The van der Waals surface area contributed by atoms with Crippen molar-refractivity contribution >= 4 is 28.9 Å². The quantitative estimate of drug-likeness (QED) is 0.816. The third-order valence-corrected chi connectivity index (χ3v) is 5.04. The maximum Gasteiger partial charge on any atom is 0.265 e. The molecule has 0 radical (unpaired) electrons. The van der Waals surface area contributed by atoms with Gasteiger partial charge >= 0.3 is 0 Å². The van der Waals surface area contributed by atoms with Crippen molar-refractivity contribution in [3.63, 3.8) is 0 Å². The fourth-order valence-corrected chi connectivity index (χ4v) is 3.37. The van der Waals surface area contributed by atoms with E-state index in [1.165, 1.54) is 0 Å². The zero-order chi connectivity index (χ0) is 19.2. The zero-order valence-corrected chi connectivity index (χ0v) is 16.6. The lowest BCUT2D eigenvalue weighted by molar-refractivity contribution is -0.122. The molecule has 3 rings (SSSR count). The molecule has 1 saturated heterocycles. The van der Waals surface area contributed by atoms with Crippen LogP contribution < -0.4 is 15.0 Å². The SMILES string of the molecule is CCN1CCN(c2ccccc2NC(=O)C(C)Oc2cccc(Cl)c2)CC1. The summed E-state index contributed by atoms with van der Waals surface area (Å²) in [5, 5.41) is 3.60. The fourth-order valence-electron chi connectivity index (χ4n) is 3.19. The minimum absolute atomic E-state index is 0.186. The van der Waals surface area contributed by atoms with Gasteiger partial charge in [0.25, 0.3) is 5.91 Å². The number of nitrogens with one attached hydrogen (secondary N) is 1. The number of para-hydroxylation sites is 2. The number of benzene rings is 2. The highest BCUT2D eigenvalue weighted by Crippen LogP contribution is 2.27. The van der Waals surface area contributed by atoms with Crippen molar-refractivity contribution in [2.75, 3.05) is 42.9 Å². The molecule has 5 nitrogen and oxygen atoms in total. The highest BCUT2D eigenvalue weighted by molar-refractivity contribution is 6.30. The van der Waals surface area contributed by atoms with Gasteiger partial charge in [-0.3, -0.25) is 4.79 Å². The monoisotopic (exact) mass is 387 g/mol. The first-order chi connectivity index (χ1) is 13.1. The van der Waals surface area contributed by atoms with Gasteiger partial charge in [-0.1, -0.05) is 36.7 Å². The number of carbonyl (C=O) groups is 1. The van der Waals surface area contributed by atoms with E-state index in [4.69, 9.17) is 16.3 Å². The summed E-state index contributed by atoms with van der Waals surface area (Å²) in [5.74, 6) is 0.392. The normalized spacial score (nSPS) is 16.0. The predicted molar refractivity (Wildman–Crippen MR) is 111 cm³/mol. The molecule has 0 spiro atoms. The predicted octanol–water partition coefficient (Wildman–Crippen LogP) is 3.89. The Hall–Kier alpha value is -2.24. The lowest BCUT2D eigenvalue weighted by Crippen LogP contribution is -2.46. The first-order valence-electron chi connectivity index (χ1n) is 9.36. The number of hydrogen-bond donors (Lipinski definition) is 1. The Morgan fingerprint density at radius 1 is 1.15 bits per heavy atom. The van der Waals surface area contributed by atoms with Crippen molar-refractivity contribution in [2.24, 2.45) is 0 Å². The van der Waals surface area contributed by atoms with Gasteiger partial charge in [-0.15, -0.1) is 0 Å². The highest BCUT2D eigenvalue weighted by atomic mass is 35.5. The number of likely N-dealkylation sites (N-methyl/N-ethyl adjacent to an activating group) is 1. The van der Waals surface area contributed by atoms with E-state index in [2.05, 4.69) is 28.1 Å². The lowest BCUT2D eigenvalue weighted by atomic mass is 10.2. The molecule has 6 heteroatoms. The molecule has 1 heterocycles. The molecule has 1 amide bonds. The van der Waals surface area contributed by atoms with Crippen LogP contribution >= 0.6 is 11.6 Å². The van der Waals surface area contributed by atoms with Gasteiger partial charge in [0.15, 0.2) is 6.10 Å². The van der Waals surface area contributed by atoms with Crippen molar-refractivity contribution in [2.45, 2.75) is 20.0 Å². The topological polar surface area (TPSA) is 44.8 Å². The maximum atomic E-state index is 12.6. The van der Waals surface area contributed by atoms with Crippen LogP contribution in [0.5, 0.6) is 5.75 Å². The summed E-state index contributed by atoms with van der Waals surface area (Å²) < 4.78 is 5.73. The second kappa shape index (κ2) is 9.11. The summed E-state index contributed by atoms with van der Waals surface area (Å²) in [5.41, 5.74) is 1.87. The first kappa shape index (κ1) is 19.5. The molecule has 1 unspecified atom stereocenters. The molecule has 144 valence electrons. The average molecular weight is 388 g/mol. The summed E-state index contributed by atoms with van der Waals surface area (Å²) in [7, 11) is 0. The Morgan fingerprint density at radius 3 is 2.59 bits per heavy atom. The van der Waals surface area contributed by atoms with Gasteiger partial charge in [0, 0.05) is 31.2 Å². The molecule has 1 aliphatic rings. The smallest absolute Gasteiger partial charge is 0.265 e. The summed E-state index contributed by atoms with van der Waals surface area (Å²) in [4.78, 5) is 17.4. The molecule has 1 atom stereocenters. The molecule has 0 aromatic heterocycles. The summed E-state index contributed by atoms with van der Waals surface area (Å²) in [6.07, 6.45) is -0.631. The number of ether oxygens (including phenoxy) is 1. The van der Waals surface area contributed by atoms with Crippen LogP contribution in [0.15, 0.2) is 48.5 Å². The Bertz CT molecular complexity index is 776. The van der Waals surface area contributed by atoms with Gasteiger partial charge in [-0.2, -0.15) is 0 Å². The average Bonchev–Trinajstić information content (AvgIpc) is 2.68. The van der Waals surface area contributed by atoms with Gasteiger partial charge < -0.3 is 19.9 Å². The summed E-state index contributed by atoms with van der Waals surface area (Å²) >= 11 is 5.98. The standard InChI is InChI=1S/C21H26ClN3O2/c1-3-24-11-13-25(14-12-24)20-10-5-4-9-19(20)23-21(26)16(2)27-18-8-6-7-17(22)15-18/h4-10,15-16H,3,11-14H2,1-2H3,(H,23,26). The molecule has 27 heavy (non-hydrogen) atoms. The molecule has 1 fully saturated rings. The van der Waals surface area contributed by atoms with Crippen molar-refractivity contribution in [3.05, 3.63) is 53.6 Å². The lowest BCUT2D eigenvalue weighted by Gasteiger charge is -2.36. The van der Waals surface area contributed by atoms with Crippen LogP contribution in [-0.2, 0) is 4.79 Å². The van der Waals surface area contributed by atoms with E-state index >= 15 is 0 Å². The van der Waals surface area contributed by atoms with E-state index < -0.39 is 6.10 Å².